The number of carbonyl (C=O) groups is 1. The van der Waals surface area contributed by atoms with Crippen LogP contribution in [0.2, 0.25) is 0 Å². The summed E-state index contributed by atoms with van der Waals surface area (Å²) in [4.78, 5) is 14.8. The van der Waals surface area contributed by atoms with Gasteiger partial charge in [-0.25, -0.2) is 0 Å². The van der Waals surface area contributed by atoms with E-state index < -0.39 is 0 Å². The maximum Gasteiger partial charge on any atom is 0.224 e. The zero-order chi connectivity index (χ0) is 17.6. The predicted molar refractivity (Wildman–Crippen MR) is 99.3 cm³/mol. The fourth-order valence-electron chi connectivity index (χ4n) is 3.44. The Balaban J connectivity index is 1.62. The Morgan fingerprint density at radius 1 is 1.20 bits per heavy atom. The molecule has 25 heavy (non-hydrogen) atoms. The highest BCUT2D eigenvalue weighted by Crippen LogP contribution is 2.27. The number of piperidine rings is 1. The van der Waals surface area contributed by atoms with E-state index in [1.165, 1.54) is 12.8 Å². The molecule has 1 amide bonds. The van der Waals surface area contributed by atoms with Crippen LogP contribution in [0.15, 0.2) is 46.9 Å². The quantitative estimate of drug-likeness (QED) is 0.872. The Bertz CT molecular complexity index is 672. The van der Waals surface area contributed by atoms with Crippen molar-refractivity contribution in [1.29, 1.82) is 0 Å². The third-order valence-electron chi connectivity index (χ3n) is 5.05. The standard InChI is InChI=1S/C21H28N2O2/c1-16-10-12-23(13-11-16)19(20-9-8-17(2)25-20)15-22-21(24)14-18-6-4-3-5-7-18/h3-9,16,19H,10-15H2,1-2H3,(H,22,24). The molecule has 0 saturated carbocycles. The fraction of sp³-hybridized carbons (Fsp3) is 0.476. The first-order valence-corrected chi connectivity index (χ1v) is 9.23. The van der Waals surface area contributed by atoms with Gasteiger partial charge in [0.2, 0.25) is 5.91 Å². The minimum absolute atomic E-state index is 0.0601. The van der Waals surface area contributed by atoms with Crippen LogP contribution in [0, 0.1) is 12.8 Å². The summed E-state index contributed by atoms with van der Waals surface area (Å²) in [6, 6.07) is 14.0. The first-order chi connectivity index (χ1) is 12.1. The summed E-state index contributed by atoms with van der Waals surface area (Å²) in [6.45, 7) is 6.98. The predicted octanol–water partition coefficient (Wildman–Crippen LogP) is 3.72. The van der Waals surface area contributed by atoms with E-state index in [1.54, 1.807) is 0 Å². The molecule has 3 rings (SSSR count). The average Bonchev–Trinajstić information content (AvgIpc) is 3.04. The van der Waals surface area contributed by atoms with Crippen LogP contribution in [0.5, 0.6) is 0 Å². The van der Waals surface area contributed by atoms with Crippen LogP contribution in [-0.2, 0) is 11.2 Å². The lowest BCUT2D eigenvalue weighted by Gasteiger charge is -2.35. The lowest BCUT2D eigenvalue weighted by molar-refractivity contribution is -0.120. The van der Waals surface area contributed by atoms with Gasteiger partial charge >= 0.3 is 0 Å². The number of rotatable bonds is 6. The van der Waals surface area contributed by atoms with E-state index in [0.29, 0.717) is 13.0 Å². The van der Waals surface area contributed by atoms with E-state index in [1.807, 2.05) is 49.4 Å². The van der Waals surface area contributed by atoms with E-state index in [9.17, 15) is 4.79 Å². The zero-order valence-electron chi connectivity index (χ0n) is 15.2. The largest absolute Gasteiger partial charge is 0.465 e. The number of amides is 1. The molecule has 1 unspecified atom stereocenters. The number of carbonyl (C=O) groups excluding carboxylic acids is 1. The molecule has 4 nitrogen and oxygen atoms in total. The van der Waals surface area contributed by atoms with Crippen molar-refractivity contribution in [3.63, 3.8) is 0 Å². The molecule has 1 aromatic heterocycles. The van der Waals surface area contributed by atoms with Crippen molar-refractivity contribution in [3.8, 4) is 0 Å². The normalized spacial score (nSPS) is 17.4. The molecule has 0 aliphatic carbocycles. The third kappa shape index (κ3) is 4.95. The van der Waals surface area contributed by atoms with Crippen molar-refractivity contribution in [2.45, 2.75) is 39.2 Å². The number of nitrogens with zero attached hydrogens (tertiary/aromatic N) is 1. The molecule has 1 fully saturated rings. The molecule has 0 radical (unpaired) electrons. The number of hydrogen-bond donors (Lipinski definition) is 1. The maximum atomic E-state index is 12.3. The summed E-state index contributed by atoms with van der Waals surface area (Å²) >= 11 is 0. The van der Waals surface area contributed by atoms with Crippen molar-refractivity contribution < 1.29 is 9.21 Å². The van der Waals surface area contributed by atoms with E-state index in [-0.39, 0.29) is 11.9 Å². The zero-order valence-corrected chi connectivity index (χ0v) is 15.2. The molecule has 0 bridgehead atoms. The smallest absolute Gasteiger partial charge is 0.224 e. The molecule has 1 aromatic carbocycles. The molecule has 1 aliphatic heterocycles. The van der Waals surface area contributed by atoms with E-state index in [4.69, 9.17) is 4.42 Å². The van der Waals surface area contributed by atoms with Crippen molar-refractivity contribution in [1.82, 2.24) is 10.2 Å². The third-order valence-corrected chi connectivity index (χ3v) is 5.05. The van der Waals surface area contributed by atoms with Gasteiger partial charge in [0.05, 0.1) is 12.5 Å². The molecule has 134 valence electrons. The van der Waals surface area contributed by atoms with E-state index >= 15 is 0 Å². The number of benzene rings is 1. The number of likely N-dealkylation sites (tertiary alicyclic amines) is 1. The summed E-state index contributed by atoms with van der Waals surface area (Å²) in [5.74, 6) is 2.71. The lowest BCUT2D eigenvalue weighted by atomic mass is 9.97. The van der Waals surface area contributed by atoms with Gasteiger partial charge in [-0.1, -0.05) is 37.3 Å². The molecule has 1 N–H and O–H groups in total. The summed E-state index contributed by atoms with van der Waals surface area (Å²) < 4.78 is 5.88. The van der Waals surface area contributed by atoms with Crippen molar-refractivity contribution >= 4 is 5.91 Å². The van der Waals surface area contributed by atoms with E-state index in [0.717, 1.165) is 36.1 Å². The second-order valence-corrected chi connectivity index (χ2v) is 7.15. The van der Waals surface area contributed by atoms with Crippen molar-refractivity contribution in [2.75, 3.05) is 19.6 Å². The minimum Gasteiger partial charge on any atom is -0.465 e. The molecule has 1 saturated heterocycles. The Kier molecular flexibility index (Phi) is 5.92. The van der Waals surface area contributed by atoms with Crippen LogP contribution in [0.1, 0.15) is 42.9 Å². The molecule has 2 heterocycles. The van der Waals surface area contributed by atoms with Crippen LogP contribution in [-0.4, -0.2) is 30.4 Å². The molecule has 1 atom stereocenters. The highest BCUT2D eigenvalue weighted by Gasteiger charge is 2.27. The van der Waals surface area contributed by atoms with Gasteiger partial charge in [0.25, 0.3) is 0 Å². The van der Waals surface area contributed by atoms with Gasteiger partial charge in [0, 0.05) is 6.54 Å². The summed E-state index contributed by atoms with van der Waals surface area (Å²) in [5.41, 5.74) is 1.04. The van der Waals surface area contributed by atoms with Gasteiger partial charge in [-0.3, -0.25) is 9.69 Å². The summed E-state index contributed by atoms with van der Waals surface area (Å²) in [7, 11) is 0. The number of hydrogen-bond acceptors (Lipinski definition) is 3. The lowest BCUT2D eigenvalue weighted by Crippen LogP contribution is -2.42. The van der Waals surface area contributed by atoms with Crippen LogP contribution in [0.4, 0.5) is 0 Å². The molecule has 2 aromatic rings. The topological polar surface area (TPSA) is 45.5 Å². The SMILES string of the molecule is Cc1ccc(C(CNC(=O)Cc2ccccc2)N2CCC(C)CC2)o1. The summed E-state index contributed by atoms with van der Waals surface area (Å²) in [6.07, 6.45) is 2.82. The minimum atomic E-state index is 0.0601. The van der Waals surface area contributed by atoms with Crippen LogP contribution < -0.4 is 5.32 Å². The molecule has 1 aliphatic rings. The fourth-order valence-corrected chi connectivity index (χ4v) is 3.44. The first kappa shape index (κ1) is 17.7. The Labute approximate surface area is 150 Å². The molecule has 0 spiro atoms. The van der Waals surface area contributed by atoms with Gasteiger partial charge in [-0.15, -0.1) is 0 Å². The summed E-state index contributed by atoms with van der Waals surface area (Å²) in [5, 5.41) is 3.11. The van der Waals surface area contributed by atoms with Gasteiger partial charge in [0.1, 0.15) is 11.5 Å². The Hall–Kier alpha value is -2.07. The first-order valence-electron chi connectivity index (χ1n) is 9.23. The van der Waals surface area contributed by atoms with Crippen molar-refractivity contribution in [2.24, 2.45) is 5.92 Å². The van der Waals surface area contributed by atoms with Crippen LogP contribution in [0.3, 0.4) is 0 Å². The van der Waals surface area contributed by atoms with Gasteiger partial charge in [-0.05, 0) is 56.5 Å². The molecular formula is C21H28N2O2. The Morgan fingerprint density at radius 2 is 1.92 bits per heavy atom. The Morgan fingerprint density at radius 3 is 2.56 bits per heavy atom. The monoisotopic (exact) mass is 340 g/mol. The van der Waals surface area contributed by atoms with Gasteiger partial charge in [-0.2, -0.15) is 0 Å². The second-order valence-electron chi connectivity index (χ2n) is 7.15. The van der Waals surface area contributed by atoms with Crippen LogP contribution in [0.25, 0.3) is 0 Å². The second kappa shape index (κ2) is 8.34. The highest BCUT2D eigenvalue weighted by molar-refractivity contribution is 5.78. The average molecular weight is 340 g/mol. The number of aryl methyl sites for hydroxylation is 1. The van der Waals surface area contributed by atoms with Crippen molar-refractivity contribution in [3.05, 3.63) is 59.5 Å². The highest BCUT2D eigenvalue weighted by atomic mass is 16.3. The van der Waals surface area contributed by atoms with E-state index in [2.05, 4.69) is 17.1 Å². The molecular weight excluding hydrogens is 312 g/mol. The number of nitrogens with one attached hydrogen (secondary N) is 1. The van der Waals surface area contributed by atoms with Crippen LogP contribution >= 0.6 is 0 Å². The number of furan rings is 1. The maximum absolute atomic E-state index is 12.3. The van der Waals surface area contributed by atoms with Gasteiger partial charge in [0.15, 0.2) is 0 Å². The molecule has 4 heteroatoms. The van der Waals surface area contributed by atoms with Gasteiger partial charge < -0.3 is 9.73 Å².